The Morgan fingerprint density at radius 3 is 2.71 bits per heavy atom. The summed E-state index contributed by atoms with van der Waals surface area (Å²) in [5.74, 6) is -0.114. The number of anilines is 1. The lowest BCUT2D eigenvalue weighted by atomic mass is 10.2. The Kier molecular flexibility index (Phi) is 5.04. The lowest BCUT2D eigenvalue weighted by Crippen LogP contribution is -2.13. The standard InChI is InChI=1S/C22H20N4OS/c1-15-12-20(16(2)26(15)14-19-7-3-4-9-23-19)21(27)25-18-8-5-6-17(13-18)22-24-10-11-28-22/h3-13H,14H2,1-2H3,(H,25,27). The molecule has 1 N–H and O–H groups in total. The molecule has 0 saturated carbocycles. The fraction of sp³-hybridized carbons (Fsp3) is 0.136. The molecule has 4 rings (SSSR count). The molecular formula is C22H20N4OS. The average Bonchev–Trinajstić information content (AvgIpc) is 3.33. The molecule has 4 aromatic rings. The Morgan fingerprint density at radius 1 is 1.07 bits per heavy atom. The van der Waals surface area contributed by atoms with E-state index in [4.69, 9.17) is 0 Å². The third kappa shape index (κ3) is 3.73. The summed E-state index contributed by atoms with van der Waals surface area (Å²) < 4.78 is 2.11. The number of pyridine rings is 1. The molecule has 3 aromatic heterocycles. The smallest absolute Gasteiger partial charge is 0.257 e. The van der Waals surface area contributed by atoms with Crippen LogP contribution < -0.4 is 5.32 Å². The van der Waals surface area contributed by atoms with Crippen LogP contribution in [-0.4, -0.2) is 20.4 Å². The number of hydrogen-bond acceptors (Lipinski definition) is 4. The Labute approximate surface area is 167 Å². The van der Waals surface area contributed by atoms with E-state index in [9.17, 15) is 4.79 Å². The van der Waals surface area contributed by atoms with E-state index in [1.165, 1.54) is 0 Å². The third-order valence-electron chi connectivity index (χ3n) is 4.66. The van der Waals surface area contributed by atoms with Crippen molar-refractivity contribution in [2.75, 3.05) is 5.32 Å². The molecule has 28 heavy (non-hydrogen) atoms. The molecule has 0 radical (unpaired) electrons. The molecule has 0 fully saturated rings. The van der Waals surface area contributed by atoms with Gasteiger partial charge < -0.3 is 9.88 Å². The first kappa shape index (κ1) is 18.1. The average molecular weight is 388 g/mol. The van der Waals surface area contributed by atoms with E-state index in [2.05, 4.69) is 19.9 Å². The highest BCUT2D eigenvalue weighted by molar-refractivity contribution is 7.13. The number of carbonyl (C=O) groups is 1. The van der Waals surface area contributed by atoms with Crippen molar-refractivity contribution in [3.8, 4) is 10.6 Å². The first-order valence-electron chi connectivity index (χ1n) is 9.00. The van der Waals surface area contributed by atoms with Gasteiger partial charge in [0.2, 0.25) is 0 Å². The Hall–Kier alpha value is -3.25. The van der Waals surface area contributed by atoms with Gasteiger partial charge in [-0.1, -0.05) is 18.2 Å². The molecule has 0 aliphatic heterocycles. The van der Waals surface area contributed by atoms with Crippen LogP contribution in [0.1, 0.15) is 27.4 Å². The van der Waals surface area contributed by atoms with Crippen molar-refractivity contribution in [2.45, 2.75) is 20.4 Å². The van der Waals surface area contributed by atoms with Crippen LogP contribution in [0.3, 0.4) is 0 Å². The van der Waals surface area contributed by atoms with Crippen molar-refractivity contribution in [1.29, 1.82) is 0 Å². The molecule has 1 aromatic carbocycles. The van der Waals surface area contributed by atoms with Gasteiger partial charge in [0, 0.05) is 40.4 Å². The second-order valence-corrected chi connectivity index (χ2v) is 7.46. The lowest BCUT2D eigenvalue weighted by Gasteiger charge is -2.10. The molecule has 0 unspecified atom stereocenters. The van der Waals surface area contributed by atoms with E-state index < -0.39 is 0 Å². The maximum absolute atomic E-state index is 12.9. The second-order valence-electron chi connectivity index (χ2n) is 6.56. The SMILES string of the molecule is Cc1cc(C(=O)Nc2cccc(-c3nccs3)c2)c(C)n1Cc1ccccn1. The van der Waals surface area contributed by atoms with Gasteiger partial charge in [-0.25, -0.2) is 4.98 Å². The lowest BCUT2D eigenvalue weighted by molar-refractivity contribution is 0.102. The summed E-state index contributed by atoms with van der Waals surface area (Å²) in [6.07, 6.45) is 3.56. The molecule has 1 amide bonds. The minimum Gasteiger partial charge on any atom is -0.342 e. The van der Waals surface area contributed by atoms with Crippen molar-refractivity contribution >= 4 is 22.9 Å². The number of nitrogens with zero attached hydrogens (tertiary/aromatic N) is 3. The van der Waals surface area contributed by atoms with E-state index in [1.807, 2.05) is 67.8 Å². The van der Waals surface area contributed by atoms with Crippen molar-refractivity contribution in [1.82, 2.24) is 14.5 Å². The molecule has 3 heterocycles. The third-order valence-corrected chi connectivity index (χ3v) is 5.49. The van der Waals surface area contributed by atoms with Crippen molar-refractivity contribution < 1.29 is 4.79 Å². The fourth-order valence-corrected chi connectivity index (χ4v) is 3.86. The zero-order valence-corrected chi connectivity index (χ0v) is 16.5. The fourth-order valence-electron chi connectivity index (χ4n) is 3.22. The van der Waals surface area contributed by atoms with Crippen molar-refractivity contribution in [3.63, 3.8) is 0 Å². The topological polar surface area (TPSA) is 59.8 Å². The van der Waals surface area contributed by atoms with Gasteiger partial charge in [-0.05, 0) is 44.2 Å². The predicted molar refractivity (Wildman–Crippen MR) is 113 cm³/mol. The van der Waals surface area contributed by atoms with Gasteiger partial charge in [-0.15, -0.1) is 11.3 Å². The van der Waals surface area contributed by atoms with E-state index in [0.717, 1.165) is 33.3 Å². The van der Waals surface area contributed by atoms with Crippen LogP contribution in [0, 0.1) is 13.8 Å². The molecular weight excluding hydrogens is 368 g/mol. The molecule has 0 aliphatic carbocycles. The normalized spacial score (nSPS) is 10.8. The van der Waals surface area contributed by atoms with Gasteiger partial charge in [-0.2, -0.15) is 0 Å². The number of thiazole rings is 1. The minimum atomic E-state index is -0.114. The van der Waals surface area contributed by atoms with Crippen LogP contribution in [-0.2, 0) is 6.54 Å². The van der Waals surface area contributed by atoms with Gasteiger partial charge in [0.05, 0.1) is 17.8 Å². The molecule has 0 aliphatic rings. The van der Waals surface area contributed by atoms with Gasteiger partial charge in [0.1, 0.15) is 5.01 Å². The predicted octanol–water partition coefficient (Wildman–Crippen LogP) is 4.92. The summed E-state index contributed by atoms with van der Waals surface area (Å²) in [4.78, 5) is 21.6. The minimum absolute atomic E-state index is 0.114. The molecule has 5 nitrogen and oxygen atoms in total. The number of carbonyl (C=O) groups excluding carboxylic acids is 1. The van der Waals surface area contributed by atoms with Crippen molar-refractivity contribution in [3.05, 3.63) is 88.9 Å². The summed E-state index contributed by atoms with van der Waals surface area (Å²) in [7, 11) is 0. The summed E-state index contributed by atoms with van der Waals surface area (Å²) in [5, 5.41) is 5.89. The summed E-state index contributed by atoms with van der Waals surface area (Å²) in [6, 6.07) is 15.5. The maximum Gasteiger partial charge on any atom is 0.257 e. The van der Waals surface area contributed by atoms with Crippen LogP contribution in [0.25, 0.3) is 10.6 Å². The van der Waals surface area contributed by atoms with Gasteiger partial charge in [0.15, 0.2) is 0 Å². The molecule has 0 bridgehead atoms. The van der Waals surface area contributed by atoms with Gasteiger partial charge in [-0.3, -0.25) is 9.78 Å². The second kappa shape index (κ2) is 7.78. The van der Waals surface area contributed by atoms with E-state index in [0.29, 0.717) is 12.1 Å². The van der Waals surface area contributed by atoms with Crippen LogP contribution in [0.5, 0.6) is 0 Å². The first-order valence-corrected chi connectivity index (χ1v) is 9.87. The highest BCUT2D eigenvalue weighted by atomic mass is 32.1. The quantitative estimate of drug-likeness (QED) is 0.528. The number of benzene rings is 1. The van der Waals surface area contributed by atoms with Crippen LogP contribution in [0.15, 0.2) is 66.3 Å². The van der Waals surface area contributed by atoms with Crippen LogP contribution in [0.4, 0.5) is 5.69 Å². The Balaban J connectivity index is 1.56. The van der Waals surface area contributed by atoms with Crippen LogP contribution in [0.2, 0.25) is 0 Å². The summed E-state index contributed by atoms with van der Waals surface area (Å²) in [6.45, 7) is 4.62. The van der Waals surface area contributed by atoms with Gasteiger partial charge in [0.25, 0.3) is 5.91 Å². The molecule has 140 valence electrons. The zero-order valence-electron chi connectivity index (χ0n) is 15.7. The summed E-state index contributed by atoms with van der Waals surface area (Å²) >= 11 is 1.58. The van der Waals surface area contributed by atoms with E-state index in [1.54, 1.807) is 23.7 Å². The number of hydrogen-bond donors (Lipinski definition) is 1. The molecule has 0 spiro atoms. The zero-order chi connectivity index (χ0) is 19.5. The highest BCUT2D eigenvalue weighted by Gasteiger charge is 2.16. The molecule has 6 heteroatoms. The maximum atomic E-state index is 12.9. The monoisotopic (exact) mass is 388 g/mol. The number of aromatic nitrogens is 3. The first-order chi connectivity index (χ1) is 13.6. The number of rotatable bonds is 5. The Bertz CT molecular complexity index is 1100. The highest BCUT2D eigenvalue weighted by Crippen LogP contribution is 2.25. The number of amides is 1. The van der Waals surface area contributed by atoms with Crippen LogP contribution >= 0.6 is 11.3 Å². The Morgan fingerprint density at radius 2 is 1.96 bits per heavy atom. The number of nitrogens with one attached hydrogen (secondary N) is 1. The molecule has 0 atom stereocenters. The summed E-state index contributed by atoms with van der Waals surface area (Å²) in [5.41, 5.74) is 5.35. The molecule has 0 saturated heterocycles. The van der Waals surface area contributed by atoms with E-state index in [-0.39, 0.29) is 5.91 Å². The van der Waals surface area contributed by atoms with Gasteiger partial charge >= 0.3 is 0 Å². The number of aryl methyl sites for hydroxylation is 1. The largest absolute Gasteiger partial charge is 0.342 e. The van der Waals surface area contributed by atoms with Crippen molar-refractivity contribution in [2.24, 2.45) is 0 Å². The van der Waals surface area contributed by atoms with E-state index >= 15 is 0 Å².